The molecule has 0 aliphatic rings. The normalized spacial score (nSPS) is 8.29. The van der Waals surface area contributed by atoms with Crippen LogP contribution < -0.4 is 0 Å². The predicted molar refractivity (Wildman–Crippen MR) is 30.2 cm³/mol. The Morgan fingerprint density at radius 1 is 1.29 bits per heavy atom. The van der Waals surface area contributed by atoms with Gasteiger partial charge in [0.1, 0.15) is 0 Å². The summed E-state index contributed by atoms with van der Waals surface area (Å²) >= 11 is 2.11. The van der Waals surface area contributed by atoms with Crippen molar-refractivity contribution in [3.63, 3.8) is 0 Å². The minimum Gasteiger partial charge on any atom is -0.147 e. The fraction of sp³-hybridized carbons (Fsp3) is 1.00. The molecule has 0 unspecified atom stereocenters. The third kappa shape index (κ3) is 6.96. The topological polar surface area (TPSA) is 3.24 Å². The number of hydrogen-bond acceptors (Lipinski definition) is 1. The van der Waals surface area contributed by atoms with Crippen molar-refractivity contribution in [2.45, 2.75) is 13.8 Å². The summed E-state index contributed by atoms with van der Waals surface area (Å²) in [5, 5.41) is 0. The summed E-state index contributed by atoms with van der Waals surface area (Å²) in [6.45, 7) is 6.64. The zero-order chi connectivity index (χ0) is 4.99. The van der Waals surface area contributed by atoms with Gasteiger partial charge in [0.05, 0.1) is 0 Å². The van der Waals surface area contributed by atoms with Gasteiger partial charge in [-0.25, -0.2) is 0 Å². The Kier molecular flexibility index (Phi) is 10.8. The fourth-order valence-electron chi connectivity index (χ4n) is 0.224. The van der Waals surface area contributed by atoms with Gasteiger partial charge in [-0.15, -0.1) is 12.4 Å². The second-order valence-electron chi connectivity index (χ2n) is 1.17. The Hall–Kier alpha value is 0.964. The zero-order valence-corrected chi connectivity index (χ0v) is 7.15. The van der Waals surface area contributed by atoms with E-state index in [1.165, 1.54) is 0 Å². The van der Waals surface area contributed by atoms with E-state index in [0.29, 0.717) is 0 Å². The van der Waals surface area contributed by atoms with Gasteiger partial charge < -0.3 is 0 Å². The summed E-state index contributed by atoms with van der Waals surface area (Å²) in [5.74, 6) is 0. The van der Waals surface area contributed by atoms with E-state index in [9.17, 15) is 0 Å². The minimum atomic E-state index is 0. The first-order valence-corrected chi connectivity index (χ1v) is 2.97. The fourth-order valence-corrected chi connectivity index (χ4v) is 0.224. The van der Waals surface area contributed by atoms with Crippen molar-refractivity contribution in [2.75, 3.05) is 13.1 Å². The molecule has 43 valence electrons. The molecule has 0 heterocycles. The molecule has 3 heteroatoms. The van der Waals surface area contributed by atoms with Gasteiger partial charge >= 0.3 is 51.0 Å². The standard InChI is InChI=1S/C4H10N.ClH.Ti/c1-3-5-4-2;;/h3-4H2,1-2H3;1H;/q-1;;+1. The third-order valence-corrected chi connectivity index (χ3v) is 1.75. The third-order valence-electron chi connectivity index (χ3n) is 0.763. The van der Waals surface area contributed by atoms with Gasteiger partial charge in [0, 0.05) is 0 Å². The summed E-state index contributed by atoms with van der Waals surface area (Å²) in [4.78, 5) is 0. The summed E-state index contributed by atoms with van der Waals surface area (Å²) in [7, 11) is 0. The van der Waals surface area contributed by atoms with E-state index in [0.717, 1.165) is 13.1 Å². The van der Waals surface area contributed by atoms with Crippen LogP contribution in [0.2, 0.25) is 0 Å². The van der Waals surface area contributed by atoms with Crippen molar-refractivity contribution in [1.82, 2.24) is 3.38 Å². The summed E-state index contributed by atoms with van der Waals surface area (Å²) in [5.41, 5.74) is 0. The van der Waals surface area contributed by atoms with Crippen molar-refractivity contribution in [3.05, 3.63) is 0 Å². The average molecular weight is 156 g/mol. The molecule has 0 aliphatic heterocycles. The van der Waals surface area contributed by atoms with Crippen molar-refractivity contribution >= 4 is 12.4 Å². The molecule has 7 heavy (non-hydrogen) atoms. The molecule has 0 saturated carbocycles. The second-order valence-corrected chi connectivity index (χ2v) is 2.16. The van der Waals surface area contributed by atoms with Crippen LogP contribution >= 0.6 is 12.4 Å². The van der Waals surface area contributed by atoms with Crippen molar-refractivity contribution in [2.24, 2.45) is 0 Å². The van der Waals surface area contributed by atoms with Gasteiger partial charge in [0.2, 0.25) is 0 Å². The molecule has 0 aliphatic carbocycles. The summed E-state index contributed by atoms with van der Waals surface area (Å²) in [6.07, 6.45) is 0. The van der Waals surface area contributed by atoms with Crippen LogP contribution in [-0.4, -0.2) is 16.5 Å². The van der Waals surface area contributed by atoms with Crippen LogP contribution in [0.15, 0.2) is 0 Å². The molecule has 0 radical (unpaired) electrons. The smallest absolute Gasteiger partial charge is 0.147 e. The van der Waals surface area contributed by atoms with Crippen molar-refractivity contribution < 1.29 is 20.7 Å². The van der Waals surface area contributed by atoms with Crippen LogP contribution in [0, 0.1) is 0 Å². The van der Waals surface area contributed by atoms with Gasteiger partial charge in [-0.1, -0.05) is 0 Å². The van der Waals surface area contributed by atoms with Crippen LogP contribution in [0.5, 0.6) is 0 Å². The Labute approximate surface area is 63.6 Å². The van der Waals surface area contributed by atoms with Crippen molar-refractivity contribution in [3.8, 4) is 0 Å². The van der Waals surface area contributed by atoms with Gasteiger partial charge in [-0.05, 0) is 0 Å². The predicted octanol–water partition coefficient (Wildman–Crippen LogP) is 1.21. The number of nitrogens with zero attached hydrogens (tertiary/aromatic N) is 1. The maximum atomic E-state index is 2.25. The molecule has 0 fully saturated rings. The maximum Gasteiger partial charge on any atom is -0.147 e. The molecule has 0 atom stereocenters. The average Bonchev–Trinajstić information content (AvgIpc) is 1.65. The first-order valence-electron chi connectivity index (χ1n) is 2.27. The first-order chi connectivity index (χ1) is 2.81. The maximum absolute atomic E-state index is 2.25. The zero-order valence-electron chi connectivity index (χ0n) is 4.77. The van der Waals surface area contributed by atoms with E-state index >= 15 is 0 Å². The van der Waals surface area contributed by atoms with E-state index in [1.54, 1.807) is 0 Å². The SMILES string of the molecule is CC[N]([Ti])CC.Cl. The van der Waals surface area contributed by atoms with Crippen LogP contribution in [0.4, 0.5) is 0 Å². The Balaban J connectivity index is 0. The molecular formula is C4H11ClNTi. The monoisotopic (exact) mass is 156 g/mol. The summed E-state index contributed by atoms with van der Waals surface area (Å²) in [6, 6.07) is 0. The van der Waals surface area contributed by atoms with Crippen LogP contribution in [-0.2, 0) is 20.7 Å². The Morgan fingerprint density at radius 2 is 1.57 bits per heavy atom. The molecule has 0 bridgehead atoms. The molecule has 1 nitrogen and oxygen atoms in total. The van der Waals surface area contributed by atoms with Gasteiger partial charge in [0.15, 0.2) is 0 Å². The Bertz CT molecular complexity index is 30.9. The first kappa shape index (κ1) is 10.9. The second kappa shape index (κ2) is 6.96. The van der Waals surface area contributed by atoms with Crippen LogP contribution in [0.1, 0.15) is 13.8 Å². The van der Waals surface area contributed by atoms with E-state index in [2.05, 4.69) is 37.9 Å². The minimum absolute atomic E-state index is 0. The molecule has 0 rings (SSSR count). The van der Waals surface area contributed by atoms with Crippen LogP contribution in [0.3, 0.4) is 0 Å². The number of rotatable bonds is 2. The largest absolute Gasteiger partial charge is 0.147 e. The van der Waals surface area contributed by atoms with E-state index in [1.807, 2.05) is 0 Å². The molecule has 0 N–H and O–H groups in total. The molecular weight excluding hydrogens is 145 g/mol. The number of halogens is 1. The van der Waals surface area contributed by atoms with E-state index in [4.69, 9.17) is 0 Å². The molecule has 0 aromatic heterocycles. The van der Waals surface area contributed by atoms with Gasteiger partial charge in [0.25, 0.3) is 0 Å². The molecule has 0 aromatic rings. The van der Waals surface area contributed by atoms with Gasteiger partial charge in [-0.2, -0.15) is 0 Å². The Morgan fingerprint density at radius 3 is 1.57 bits per heavy atom. The summed E-state index contributed by atoms with van der Waals surface area (Å²) < 4.78 is 2.25. The van der Waals surface area contributed by atoms with Crippen molar-refractivity contribution in [1.29, 1.82) is 0 Å². The number of hydrogen-bond donors (Lipinski definition) is 0. The molecule has 0 spiro atoms. The molecule has 0 aromatic carbocycles. The molecule has 0 amide bonds. The van der Waals surface area contributed by atoms with E-state index in [-0.39, 0.29) is 12.4 Å². The van der Waals surface area contributed by atoms with E-state index < -0.39 is 0 Å². The van der Waals surface area contributed by atoms with Gasteiger partial charge in [-0.3, -0.25) is 0 Å². The van der Waals surface area contributed by atoms with Crippen LogP contribution in [0.25, 0.3) is 0 Å². The quantitative estimate of drug-likeness (QED) is 0.543. The molecule has 0 saturated heterocycles.